The fraction of sp³-hybridized carbons (Fsp3) is 0.300. The predicted molar refractivity (Wildman–Crippen MR) is 155 cm³/mol. The highest BCUT2D eigenvalue weighted by molar-refractivity contribution is 6.33. The molecule has 9 nitrogen and oxygen atoms in total. The van der Waals surface area contributed by atoms with Gasteiger partial charge in [0.1, 0.15) is 11.6 Å². The highest BCUT2D eigenvalue weighted by atomic mass is 35.5. The van der Waals surface area contributed by atoms with Crippen molar-refractivity contribution in [2.75, 3.05) is 10.6 Å². The van der Waals surface area contributed by atoms with Crippen molar-refractivity contribution in [2.24, 2.45) is 0 Å². The number of carboxylic acids is 1. The maximum absolute atomic E-state index is 13.9. The molecule has 43 heavy (non-hydrogen) atoms. The van der Waals surface area contributed by atoms with E-state index in [4.69, 9.17) is 38.8 Å². The number of amides is 2. The zero-order valence-electron chi connectivity index (χ0n) is 23.1. The van der Waals surface area contributed by atoms with Crippen LogP contribution < -0.4 is 10.6 Å². The molecule has 2 heterocycles. The minimum absolute atomic E-state index is 0.0196. The Hall–Kier alpha value is -4.09. The van der Waals surface area contributed by atoms with Gasteiger partial charge < -0.3 is 15.6 Å². The predicted octanol–water partition coefficient (Wildman–Crippen LogP) is 6.32. The molecular weight excluding hydrogens is 609 g/mol. The first kappa shape index (κ1) is 33.4. The number of nitrogens with zero attached hydrogens (tertiary/aromatic N) is 1. The molecule has 0 unspecified atom stereocenters. The average molecular weight is 637 g/mol. The summed E-state index contributed by atoms with van der Waals surface area (Å²) in [6.45, 7) is 1.08. The van der Waals surface area contributed by atoms with E-state index in [1.54, 1.807) is 6.07 Å². The number of cyclic esters (lactones) is 2. The van der Waals surface area contributed by atoms with Crippen LogP contribution in [0.3, 0.4) is 0 Å². The average Bonchev–Trinajstić information content (AvgIpc) is 3.39. The van der Waals surface area contributed by atoms with E-state index in [0.717, 1.165) is 56.4 Å². The zero-order chi connectivity index (χ0) is 31.8. The van der Waals surface area contributed by atoms with Gasteiger partial charge in [0, 0.05) is 39.3 Å². The Kier molecular flexibility index (Phi) is 11.6. The van der Waals surface area contributed by atoms with E-state index >= 15 is 0 Å². The number of carbonyl (C=O) groups is 5. The van der Waals surface area contributed by atoms with Gasteiger partial charge in [0.2, 0.25) is 0 Å². The van der Waals surface area contributed by atoms with Crippen LogP contribution in [0.1, 0.15) is 58.3 Å². The lowest BCUT2D eigenvalue weighted by atomic mass is 9.93. The summed E-state index contributed by atoms with van der Waals surface area (Å²) in [7, 11) is 0. The summed E-state index contributed by atoms with van der Waals surface area (Å²) in [4.78, 5) is 56.2. The number of anilines is 2. The number of rotatable bonds is 1. The number of hydrogen-bond donors (Lipinski definition) is 2. The van der Waals surface area contributed by atoms with Gasteiger partial charge in [0.15, 0.2) is 0 Å². The highest BCUT2D eigenvalue weighted by Crippen LogP contribution is 2.37. The van der Waals surface area contributed by atoms with Crippen molar-refractivity contribution in [1.29, 1.82) is 0 Å². The Bertz CT molecular complexity index is 1480. The highest BCUT2D eigenvalue weighted by Gasteiger charge is 2.40. The minimum atomic E-state index is -0.833. The van der Waals surface area contributed by atoms with Crippen LogP contribution in [0.4, 0.5) is 20.2 Å². The molecule has 0 aromatic heterocycles. The zero-order valence-corrected chi connectivity index (χ0v) is 24.6. The van der Waals surface area contributed by atoms with E-state index in [2.05, 4.69) is 4.74 Å². The minimum Gasteiger partial charge on any atom is -0.481 e. The first-order valence-electron chi connectivity index (χ1n) is 13.3. The van der Waals surface area contributed by atoms with Crippen molar-refractivity contribution in [3.63, 3.8) is 0 Å². The number of nitrogen functional groups attached to an aromatic ring is 1. The Morgan fingerprint density at radius 1 is 0.767 bits per heavy atom. The van der Waals surface area contributed by atoms with E-state index in [0.29, 0.717) is 40.2 Å². The van der Waals surface area contributed by atoms with Crippen molar-refractivity contribution in [3.05, 3.63) is 80.4 Å². The summed E-state index contributed by atoms with van der Waals surface area (Å²) in [6, 6.07) is 8.09. The number of hydrogen-bond acceptors (Lipinski definition) is 7. The lowest BCUT2D eigenvalue weighted by molar-refractivity contribution is -0.151. The Morgan fingerprint density at radius 2 is 1.16 bits per heavy atom. The second-order valence-corrected chi connectivity index (χ2v) is 10.6. The first-order chi connectivity index (χ1) is 20.3. The number of aliphatic carboxylic acids is 1. The number of imide groups is 1. The third-order valence-electron chi connectivity index (χ3n) is 6.65. The molecule has 13 heteroatoms. The molecule has 2 aliphatic carbocycles. The number of carboxylic acid groups (broad SMARTS) is 1. The fourth-order valence-electron chi connectivity index (χ4n) is 4.69. The molecule has 6 rings (SSSR count). The van der Waals surface area contributed by atoms with E-state index in [1.165, 1.54) is 24.3 Å². The molecule has 2 aromatic rings. The van der Waals surface area contributed by atoms with E-state index in [1.807, 2.05) is 0 Å². The van der Waals surface area contributed by atoms with Gasteiger partial charge >= 0.3 is 11.9 Å². The molecule has 0 atom stereocenters. The quantitative estimate of drug-likeness (QED) is 0.160. The van der Waals surface area contributed by atoms with Crippen molar-refractivity contribution >= 4 is 64.3 Å². The monoisotopic (exact) mass is 636 g/mol. The summed E-state index contributed by atoms with van der Waals surface area (Å²) in [6.07, 6.45) is 6.45. The van der Waals surface area contributed by atoms with Gasteiger partial charge in [-0.2, -0.15) is 0 Å². The summed E-state index contributed by atoms with van der Waals surface area (Å²) >= 11 is 11.1. The van der Waals surface area contributed by atoms with Crippen LogP contribution in [0.25, 0.3) is 0 Å². The Morgan fingerprint density at radius 3 is 1.56 bits per heavy atom. The molecule has 3 N–H and O–H groups in total. The number of nitrogens with two attached hydrogens (primary N) is 1. The molecule has 0 radical (unpaired) electrons. The number of esters is 2. The Balaban J connectivity index is 0.000000179. The van der Waals surface area contributed by atoms with E-state index < -0.39 is 29.5 Å². The molecule has 0 fully saturated rings. The SMILES string of the molecule is CC(=O)O.Nc1ccc(Cl)cc1F.O=C1C2=C(CCCC2)C(=O)N1c1ccc(Cl)cc1F.O=C1OC(=O)C2=C1CCCC2. The Labute approximate surface area is 255 Å². The van der Waals surface area contributed by atoms with Gasteiger partial charge in [0.25, 0.3) is 17.8 Å². The van der Waals surface area contributed by atoms with Gasteiger partial charge in [-0.25, -0.2) is 23.3 Å². The molecule has 0 spiro atoms. The molecule has 0 bridgehead atoms. The lowest BCUT2D eigenvalue weighted by Gasteiger charge is -2.15. The van der Waals surface area contributed by atoms with Crippen LogP contribution in [0, 0.1) is 11.6 Å². The number of benzene rings is 2. The van der Waals surface area contributed by atoms with Gasteiger partial charge in [-0.05, 0) is 87.8 Å². The molecule has 0 saturated heterocycles. The van der Waals surface area contributed by atoms with Crippen molar-refractivity contribution < 1.29 is 42.6 Å². The molecule has 228 valence electrons. The molecule has 4 aliphatic rings. The summed E-state index contributed by atoms with van der Waals surface area (Å²) in [5, 5.41) is 8.01. The smallest absolute Gasteiger partial charge is 0.342 e. The van der Waals surface area contributed by atoms with Crippen LogP contribution in [0.2, 0.25) is 10.0 Å². The van der Waals surface area contributed by atoms with Crippen LogP contribution in [-0.2, 0) is 28.7 Å². The van der Waals surface area contributed by atoms with E-state index in [9.17, 15) is 28.0 Å². The third-order valence-corrected chi connectivity index (χ3v) is 7.12. The first-order valence-corrected chi connectivity index (χ1v) is 14.0. The van der Waals surface area contributed by atoms with Crippen LogP contribution >= 0.6 is 23.2 Å². The standard InChI is InChI=1S/C14H11ClFNO2.C8H8O3.C6H5ClFN.C2H4O2/c15-8-5-6-12(11(16)7-8)17-13(18)9-3-1-2-4-10(9)14(17)19;9-7-5-3-1-2-4-6(5)8(10)11-7;7-4-1-2-6(9)5(8)3-4;1-2(3)4/h5-7H,1-4H2;1-4H2;1-3H,9H2;1H3,(H,3,4). The normalized spacial score (nSPS) is 17.1. The molecule has 0 saturated carbocycles. The molecule has 2 aliphatic heterocycles. The topological polar surface area (TPSA) is 144 Å². The van der Waals surface area contributed by atoms with Gasteiger partial charge in [0.05, 0.1) is 11.4 Å². The van der Waals surface area contributed by atoms with Crippen LogP contribution in [-0.4, -0.2) is 34.8 Å². The summed E-state index contributed by atoms with van der Waals surface area (Å²) in [5.41, 5.74) is 7.61. The van der Waals surface area contributed by atoms with Gasteiger partial charge in [-0.1, -0.05) is 23.2 Å². The van der Waals surface area contributed by atoms with E-state index in [-0.39, 0.29) is 28.2 Å². The maximum Gasteiger partial charge on any atom is 0.342 e. The number of ether oxygens (including phenoxy) is 1. The summed E-state index contributed by atoms with van der Waals surface area (Å²) in [5.74, 6) is -3.56. The molecule has 2 aromatic carbocycles. The largest absolute Gasteiger partial charge is 0.481 e. The van der Waals surface area contributed by atoms with Crippen molar-refractivity contribution in [1.82, 2.24) is 0 Å². The number of carbonyl (C=O) groups excluding carboxylic acids is 4. The third kappa shape index (κ3) is 8.48. The second kappa shape index (κ2) is 14.9. The second-order valence-electron chi connectivity index (χ2n) is 9.73. The van der Waals surface area contributed by atoms with Crippen LogP contribution in [0.15, 0.2) is 58.7 Å². The molecular formula is C30H28Cl2F2N2O7. The van der Waals surface area contributed by atoms with Gasteiger partial charge in [-0.3, -0.25) is 14.4 Å². The number of halogens is 4. The molecule has 2 amide bonds. The maximum atomic E-state index is 13.9. The van der Waals surface area contributed by atoms with Crippen LogP contribution in [0.5, 0.6) is 0 Å². The fourth-order valence-corrected chi connectivity index (χ4v) is 5.00. The lowest BCUT2D eigenvalue weighted by Crippen LogP contribution is -2.32. The van der Waals surface area contributed by atoms with Gasteiger partial charge in [-0.15, -0.1) is 0 Å². The van der Waals surface area contributed by atoms with Crippen molar-refractivity contribution in [2.45, 2.75) is 58.3 Å². The summed E-state index contributed by atoms with van der Waals surface area (Å²) < 4.78 is 30.7. The van der Waals surface area contributed by atoms with Crippen molar-refractivity contribution in [3.8, 4) is 0 Å².